The van der Waals surface area contributed by atoms with E-state index in [1.165, 1.54) is 104 Å². The molecule has 6 aliphatic rings. The SMILES string of the molecule is C.C.C.C.CC(C)N1CCC2(CC1)CNC2.CC(C)N1CCC2(CN(C)C2)C1.CC(C)N1CCC2(CNC2)C1. The summed E-state index contributed by atoms with van der Waals surface area (Å²) in [4.78, 5) is 10.3. The van der Waals surface area contributed by atoms with Gasteiger partial charge in [0.05, 0.1) is 0 Å². The Morgan fingerprint density at radius 1 is 0.462 bits per heavy atom. The molecule has 236 valence electrons. The standard InChI is InChI=1S/2C10H20N2.C9H18N2.4CH4/c1-9(2)12-5-4-10(8-12)6-11(3)7-10;1-9(2)12-5-3-10(4-6-12)7-11-8-10;1-8(2)11-4-3-9(7-11)5-10-6-9;;;;/h9H,4-8H2,1-3H3;9,11H,3-8H2,1-2H3;8,10H,3-7H2,1-2H3;4*1H4. The summed E-state index contributed by atoms with van der Waals surface area (Å²) >= 11 is 0. The molecular weight excluding hydrogens is 480 g/mol. The second-order valence-corrected chi connectivity index (χ2v) is 14.1. The lowest BCUT2D eigenvalue weighted by Gasteiger charge is -2.49. The fraction of sp³-hybridized carbons (Fsp3) is 1.00. The van der Waals surface area contributed by atoms with Crippen LogP contribution in [0.3, 0.4) is 0 Å². The Kier molecular flexibility index (Phi) is 15.7. The fourth-order valence-electron chi connectivity index (χ4n) is 7.29. The van der Waals surface area contributed by atoms with Gasteiger partial charge < -0.3 is 30.2 Å². The summed E-state index contributed by atoms with van der Waals surface area (Å²) in [5.74, 6) is 0. The number of nitrogens with zero attached hydrogens (tertiary/aromatic N) is 4. The quantitative estimate of drug-likeness (QED) is 0.490. The highest BCUT2D eigenvalue weighted by Crippen LogP contribution is 2.39. The normalized spacial score (nSPS) is 26.6. The zero-order chi connectivity index (χ0) is 25.3. The van der Waals surface area contributed by atoms with Crippen molar-refractivity contribution in [1.82, 2.24) is 30.2 Å². The van der Waals surface area contributed by atoms with Crippen LogP contribution in [0.2, 0.25) is 0 Å². The average molecular weight is 555 g/mol. The molecule has 6 nitrogen and oxygen atoms in total. The Labute approximate surface area is 247 Å². The summed E-state index contributed by atoms with van der Waals surface area (Å²) < 4.78 is 0. The maximum absolute atomic E-state index is 3.40. The van der Waals surface area contributed by atoms with E-state index < -0.39 is 0 Å². The second kappa shape index (κ2) is 15.8. The molecular formula is C33H74N6. The first-order valence-corrected chi connectivity index (χ1v) is 14.9. The predicted molar refractivity (Wildman–Crippen MR) is 176 cm³/mol. The van der Waals surface area contributed by atoms with Gasteiger partial charge in [-0.3, -0.25) is 0 Å². The van der Waals surface area contributed by atoms with Crippen molar-refractivity contribution in [2.24, 2.45) is 16.2 Å². The molecule has 0 aliphatic carbocycles. The molecule has 0 unspecified atom stereocenters. The van der Waals surface area contributed by atoms with Crippen LogP contribution in [0.25, 0.3) is 0 Å². The van der Waals surface area contributed by atoms with Crippen molar-refractivity contribution in [1.29, 1.82) is 0 Å². The van der Waals surface area contributed by atoms with Crippen molar-refractivity contribution < 1.29 is 0 Å². The highest BCUT2D eigenvalue weighted by molar-refractivity contribution is 5.01. The Balaban J connectivity index is 0.000000529. The summed E-state index contributed by atoms with van der Waals surface area (Å²) in [7, 11) is 2.23. The van der Waals surface area contributed by atoms with Crippen LogP contribution in [-0.2, 0) is 0 Å². The van der Waals surface area contributed by atoms with Crippen molar-refractivity contribution >= 4 is 0 Å². The van der Waals surface area contributed by atoms with Crippen molar-refractivity contribution in [3.05, 3.63) is 0 Å². The molecule has 6 heteroatoms. The molecule has 0 aromatic heterocycles. The first-order chi connectivity index (χ1) is 16.6. The molecule has 0 atom stereocenters. The number of likely N-dealkylation sites (tertiary alicyclic amines) is 4. The van der Waals surface area contributed by atoms with E-state index in [0.717, 1.165) is 18.1 Å². The molecule has 0 aromatic rings. The van der Waals surface area contributed by atoms with Gasteiger partial charge in [-0.2, -0.15) is 0 Å². The third-order valence-electron chi connectivity index (χ3n) is 10.2. The van der Waals surface area contributed by atoms with Gasteiger partial charge in [0.2, 0.25) is 0 Å². The fourth-order valence-corrected chi connectivity index (χ4v) is 7.29. The molecule has 6 saturated heterocycles. The first kappa shape index (κ1) is 38.8. The summed E-state index contributed by atoms with van der Waals surface area (Å²) in [5, 5.41) is 6.77. The summed E-state index contributed by atoms with van der Waals surface area (Å²) in [6.07, 6.45) is 5.67. The van der Waals surface area contributed by atoms with Crippen LogP contribution < -0.4 is 10.6 Å². The Morgan fingerprint density at radius 3 is 1.08 bits per heavy atom. The molecule has 0 bridgehead atoms. The summed E-state index contributed by atoms with van der Waals surface area (Å²) in [6, 6.07) is 2.24. The lowest BCUT2D eigenvalue weighted by Crippen LogP contribution is -2.58. The van der Waals surface area contributed by atoms with Crippen LogP contribution in [0, 0.1) is 16.2 Å². The van der Waals surface area contributed by atoms with Crippen LogP contribution in [0.5, 0.6) is 0 Å². The zero-order valence-corrected chi connectivity index (χ0v) is 24.3. The lowest BCUT2D eigenvalue weighted by molar-refractivity contribution is 0.0280. The highest BCUT2D eigenvalue weighted by Gasteiger charge is 2.46. The minimum absolute atomic E-state index is 0. The predicted octanol–water partition coefficient (Wildman–Crippen LogP) is 5.35. The maximum Gasteiger partial charge on any atom is 0.00968 e. The van der Waals surface area contributed by atoms with E-state index in [0.29, 0.717) is 16.2 Å². The lowest BCUT2D eigenvalue weighted by atomic mass is 9.73. The van der Waals surface area contributed by atoms with E-state index in [2.05, 4.69) is 78.8 Å². The topological polar surface area (TPSA) is 37.0 Å². The first-order valence-electron chi connectivity index (χ1n) is 14.9. The van der Waals surface area contributed by atoms with Gasteiger partial charge in [-0.15, -0.1) is 0 Å². The van der Waals surface area contributed by atoms with E-state index in [-0.39, 0.29) is 29.7 Å². The number of hydrogen-bond acceptors (Lipinski definition) is 6. The van der Waals surface area contributed by atoms with E-state index in [9.17, 15) is 0 Å². The van der Waals surface area contributed by atoms with Crippen LogP contribution in [-0.4, -0.2) is 123 Å². The summed E-state index contributed by atoms with van der Waals surface area (Å²) in [6.45, 7) is 29.5. The average Bonchev–Trinajstić information content (AvgIpc) is 3.39. The monoisotopic (exact) mass is 555 g/mol. The smallest absolute Gasteiger partial charge is 0.00968 e. The second-order valence-electron chi connectivity index (χ2n) is 14.1. The van der Waals surface area contributed by atoms with Gasteiger partial charge in [-0.05, 0) is 106 Å². The molecule has 6 rings (SSSR count). The van der Waals surface area contributed by atoms with Gasteiger partial charge in [0.25, 0.3) is 0 Å². The van der Waals surface area contributed by atoms with Crippen molar-refractivity contribution in [3.8, 4) is 0 Å². The molecule has 2 N–H and O–H groups in total. The number of hydrogen-bond donors (Lipinski definition) is 2. The number of piperidine rings is 1. The van der Waals surface area contributed by atoms with Crippen molar-refractivity contribution in [3.63, 3.8) is 0 Å². The van der Waals surface area contributed by atoms with Gasteiger partial charge in [-0.25, -0.2) is 0 Å². The third kappa shape index (κ3) is 9.38. The summed E-state index contributed by atoms with van der Waals surface area (Å²) in [5.41, 5.74) is 2.09. The van der Waals surface area contributed by atoms with Crippen LogP contribution in [0.1, 0.15) is 96.9 Å². The molecule has 39 heavy (non-hydrogen) atoms. The van der Waals surface area contributed by atoms with Gasteiger partial charge in [0.15, 0.2) is 0 Å². The van der Waals surface area contributed by atoms with Gasteiger partial charge in [0, 0.05) is 81.3 Å². The van der Waals surface area contributed by atoms with Crippen LogP contribution in [0.4, 0.5) is 0 Å². The van der Waals surface area contributed by atoms with Crippen LogP contribution >= 0.6 is 0 Å². The van der Waals surface area contributed by atoms with Gasteiger partial charge in [0.1, 0.15) is 0 Å². The molecule has 3 spiro atoms. The van der Waals surface area contributed by atoms with Crippen LogP contribution in [0.15, 0.2) is 0 Å². The van der Waals surface area contributed by atoms with E-state index in [4.69, 9.17) is 0 Å². The van der Waals surface area contributed by atoms with E-state index >= 15 is 0 Å². The number of rotatable bonds is 3. The maximum atomic E-state index is 3.40. The largest absolute Gasteiger partial charge is 0.316 e. The van der Waals surface area contributed by atoms with E-state index in [1.807, 2.05) is 0 Å². The molecule has 6 aliphatic heterocycles. The molecule has 0 saturated carbocycles. The third-order valence-corrected chi connectivity index (χ3v) is 10.2. The highest BCUT2D eigenvalue weighted by atomic mass is 15.3. The molecule has 0 radical (unpaired) electrons. The molecule has 0 amide bonds. The van der Waals surface area contributed by atoms with Gasteiger partial charge >= 0.3 is 0 Å². The number of nitrogens with one attached hydrogen (secondary N) is 2. The Morgan fingerprint density at radius 2 is 0.795 bits per heavy atom. The molecule has 6 fully saturated rings. The van der Waals surface area contributed by atoms with Crippen molar-refractivity contribution in [2.45, 2.75) is 115 Å². The van der Waals surface area contributed by atoms with E-state index in [1.54, 1.807) is 0 Å². The van der Waals surface area contributed by atoms with Crippen molar-refractivity contribution in [2.75, 3.05) is 85.6 Å². The zero-order valence-electron chi connectivity index (χ0n) is 24.3. The Bertz CT molecular complexity index is 653. The Hall–Kier alpha value is -0.240. The minimum atomic E-state index is 0. The molecule has 6 heterocycles. The van der Waals surface area contributed by atoms with Gasteiger partial charge in [-0.1, -0.05) is 29.7 Å². The minimum Gasteiger partial charge on any atom is -0.316 e. The molecule has 0 aromatic carbocycles.